The van der Waals surface area contributed by atoms with Gasteiger partial charge in [0.15, 0.2) is 15.6 Å². The van der Waals surface area contributed by atoms with E-state index in [1.54, 1.807) is 13.0 Å². The Morgan fingerprint density at radius 2 is 1.97 bits per heavy atom. The van der Waals surface area contributed by atoms with Crippen molar-refractivity contribution in [2.75, 3.05) is 18.1 Å². The number of imide groups is 1. The van der Waals surface area contributed by atoms with Gasteiger partial charge >= 0.3 is 6.03 Å². The van der Waals surface area contributed by atoms with Gasteiger partial charge < -0.3 is 9.88 Å². The Morgan fingerprint density at radius 3 is 2.70 bits per heavy atom. The standard InChI is InChI=1S/C24H27N3O5S/c1-15-12-19(16(2)27(15)18-9-11-33(31,32)14-18)21(28)13-26-22(29)24(25-23(26)30)10-5-7-17-6-3-4-8-20(17)24/h3-4,6,8,12,18H,5,7,9-11,13-14H2,1-2H3,(H,25,30)/t18-,24-/m0/s1. The average Bonchev–Trinajstić information content (AvgIpc) is 3.35. The summed E-state index contributed by atoms with van der Waals surface area (Å²) >= 11 is 0. The van der Waals surface area contributed by atoms with E-state index in [2.05, 4.69) is 5.32 Å². The number of amides is 3. The molecule has 3 heterocycles. The molecule has 1 aromatic heterocycles. The third-order valence-corrected chi connectivity index (χ3v) is 9.06. The third kappa shape index (κ3) is 3.40. The molecule has 9 heteroatoms. The van der Waals surface area contributed by atoms with E-state index in [4.69, 9.17) is 0 Å². The van der Waals surface area contributed by atoms with Crippen molar-refractivity contribution in [3.05, 3.63) is 58.4 Å². The minimum absolute atomic E-state index is 0.0614. The van der Waals surface area contributed by atoms with E-state index in [0.717, 1.165) is 34.6 Å². The molecule has 0 saturated carbocycles. The molecular weight excluding hydrogens is 442 g/mol. The maximum atomic E-state index is 13.5. The van der Waals surface area contributed by atoms with Crippen molar-refractivity contribution in [2.45, 2.75) is 51.1 Å². The quantitative estimate of drug-likeness (QED) is 0.547. The smallest absolute Gasteiger partial charge is 0.325 e. The number of urea groups is 1. The summed E-state index contributed by atoms with van der Waals surface area (Å²) in [6.07, 6.45) is 2.64. The summed E-state index contributed by atoms with van der Waals surface area (Å²) < 4.78 is 25.8. The number of nitrogens with one attached hydrogen (secondary N) is 1. The number of hydrogen-bond acceptors (Lipinski definition) is 5. The van der Waals surface area contributed by atoms with E-state index in [1.807, 2.05) is 35.8 Å². The highest BCUT2D eigenvalue weighted by molar-refractivity contribution is 7.91. The van der Waals surface area contributed by atoms with E-state index in [1.165, 1.54) is 0 Å². The summed E-state index contributed by atoms with van der Waals surface area (Å²) in [6, 6.07) is 8.61. The SMILES string of the molecule is Cc1cc(C(=O)CN2C(=O)N[C@]3(CCCc4ccccc43)C2=O)c(C)n1[C@H]1CCS(=O)(=O)C1. The molecule has 0 bridgehead atoms. The number of hydrogen-bond donors (Lipinski definition) is 1. The van der Waals surface area contributed by atoms with Crippen LogP contribution < -0.4 is 5.32 Å². The maximum Gasteiger partial charge on any atom is 0.325 e. The number of aromatic nitrogens is 1. The van der Waals surface area contributed by atoms with Gasteiger partial charge in [0.25, 0.3) is 5.91 Å². The van der Waals surface area contributed by atoms with E-state index >= 15 is 0 Å². The first-order valence-electron chi connectivity index (χ1n) is 11.3. The van der Waals surface area contributed by atoms with Crippen LogP contribution in [-0.2, 0) is 26.6 Å². The normalized spacial score (nSPS) is 26.0. The molecule has 8 nitrogen and oxygen atoms in total. The van der Waals surface area contributed by atoms with Crippen molar-refractivity contribution in [2.24, 2.45) is 0 Å². The number of Topliss-reactive ketones (excluding diaryl/α,β-unsaturated/α-hetero) is 1. The molecule has 174 valence electrons. The zero-order valence-corrected chi connectivity index (χ0v) is 19.6. The minimum Gasteiger partial charge on any atom is -0.344 e. The fraction of sp³-hybridized carbons (Fsp3) is 0.458. The second kappa shape index (κ2) is 7.55. The van der Waals surface area contributed by atoms with Gasteiger partial charge in [-0.3, -0.25) is 14.5 Å². The first kappa shape index (κ1) is 21.9. The molecule has 2 aromatic rings. The lowest BCUT2D eigenvalue weighted by Crippen LogP contribution is -2.46. The molecule has 1 aromatic carbocycles. The van der Waals surface area contributed by atoms with Crippen LogP contribution in [0.4, 0.5) is 4.79 Å². The molecule has 2 fully saturated rings. The number of rotatable bonds is 4. The highest BCUT2D eigenvalue weighted by Crippen LogP contribution is 2.40. The number of ketones is 1. The van der Waals surface area contributed by atoms with Gasteiger partial charge in [0.05, 0.1) is 18.1 Å². The number of sulfone groups is 1. The second-order valence-corrected chi connectivity index (χ2v) is 11.6. The molecule has 2 atom stereocenters. The first-order valence-corrected chi connectivity index (χ1v) is 13.1. The molecule has 2 aliphatic heterocycles. The van der Waals surface area contributed by atoms with Crippen molar-refractivity contribution in [1.29, 1.82) is 0 Å². The van der Waals surface area contributed by atoms with Crippen molar-refractivity contribution < 1.29 is 22.8 Å². The molecule has 33 heavy (non-hydrogen) atoms. The van der Waals surface area contributed by atoms with Gasteiger partial charge in [-0.05, 0) is 56.7 Å². The van der Waals surface area contributed by atoms with Crippen molar-refractivity contribution in [3.63, 3.8) is 0 Å². The van der Waals surface area contributed by atoms with Gasteiger partial charge in [-0.2, -0.15) is 0 Å². The predicted octanol–water partition coefficient (Wildman–Crippen LogP) is 2.43. The Bertz CT molecular complexity index is 1300. The van der Waals surface area contributed by atoms with Crippen LogP contribution in [0.1, 0.15) is 58.2 Å². The molecule has 2 saturated heterocycles. The predicted molar refractivity (Wildman–Crippen MR) is 122 cm³/mol. The zero-order valence-electron chi connectivity index (χ0n) is 18.8. The Balaban J connectivity index is 1.41. The van der Waals surface area contributed by atoms with E-state index in [-0.39, 0.29) is 35.8 Å². The van der Waals surface area contributed by atoms with Crippen molar-refractivity contribution >= 4 is 27.6 Å². The monoisotopic (exact) mass is 469 g/mol. The minimum atomic E-state index is -3.07. The number of fused-ring (bicyclic) bond motifs is 2. The lowest BCUT2D eigenvalue weighted by Gasteiger charge is -2.33. The molecule has 1 aliphatic carbocycles. The van der Waals surface area contributed by atoms with Crippen molar-refractivity contribution in [1.82, 2.24) is 14.8 Å². The van der Waals surface area contributed by atoms with Crippen LogP contribution in [0.2, 0.25) is 0 Å². The number of carbonyl (C=O) groups is 3. The lowest BCUT2D eigenvalue weighted by atomic mass is 9.76. The molecule has 0 unspecified atom stereocenters. The summed E-state index contributed by atoms with van der Waals surface area (Å²) in [4.78, 5) is 40.6. The highest BCUT2D eigenvalue weighted by Gasteiger charge is 2.54. The number of aryl methyl sites for hydroxylation is 2. The summed E-state index contributed by atoms with van der Waals surface area (Å²) in [7, 11) is -3.07. The van der Waals surface area contributed by atoms with Crippen LogP contribution in [0.15, 0.2) is 30.3 Å². The van der Waals surface area contributed by atoms with E-state index in [0.29, 0.717) is 24.1 Å². The largest absolute Gasteiger partial charge is 0.344 e. The zero-order chi connectivity index (χ0) is 23.5. The Kier molecular flexibility index (Phi) is 5.00. The Labute approximate surface area is 192 Å². The van der Waals surface area contributed by atoms with Crippen LogP contribution in [0, 0.1) is 13.8 Å². The molecule has 1 N–H and O–H groups in total. The van der Waals surface area contributed by atoms with Gasteiger partial charge in [0, 0.05) is 23.0 Å². The molecule has 5 rings (SSSR count). The van der Waals surface area contributed by atoms with E-state index < -0.39 is 21.4 Å². The molecule has 3 amide bonds. The van der Waals surface area contributed by atoms with Gasteiger partial charge in [0.2, 0.25) is 0 Å². The van der Waals surface area contributed by atoms with Gasteiger partial charge in [-0.1, -0.05) is 24.3 Å². The molecule has 1 spiro atoms. The number of benzene rings is 1. The average molecular weight is 470 g/mol. The molecule has 3 aliphatic rings. The van der Waals surface area contributed by atoms with Crippen LogP contribution in [0.5, 0.6) is 0 Å². The fourth-order valence-electron chi connectivity index (χ4n) is 5.78. The van der Waals surface area contributed by atoms with Crippen molar-refractivity contribution in [3.8, 4) is 0 Å². The van der Waals surface area contributed by atoms with Gasteiger partial charge in [-0.25, -0.2) is 13.2 Å². The van der Waals surface area contributed by atoms with Gasteiger partial charge in [0.1, 0.15) is 5.54 Å². The highest BCUT2D eigenvalue weighted by atomic mass is 32.2. The van der Waals surface area contributed by atoms with Gasteiger partial charge in [-0.15, -0.1) is 0 Å². The van der Waals surface area contributed by atoms with Crippen LogP contribution in [-0.4, -0.2) is 53.7 Å². The van der Waals surface area contributed by atoms with Crippen LogP contribution in [0.25, 0.3) is 0 Å². The summed E-state index contributed by atoms with van der Waals surface area (Å²) in [5.74, 6) is -0.515. The number of nitrogens with zero attached hydrogens (tertiary/aromatic N) is 2. The second-order valence-electron chi connectivity index (χ2n) is 9.37. The maximum absolute atomic E-state index is 13.5. The summed E-state index contributed by atoms with van der Waals surface area (Å²) in [5.41, 5.74) is 2.63. The molecular formula is C24H27N3O5S. The van der Waals surface area contributed by atoms with E-state index in [9.17, 15) is 22.8 Å². The first-order chi connectivity index (χ1) is 15.6. The fourth-order valence-corrected chi connectivity index (χ4v) is 7.48. The summed E-state index contributed by atoms with van der Waals surface area (Å²) in [5, 5.41) is 2.88. The Hall–Kier alpha value is -2.94. The lowest BCUT2D eigenvalue weighted by molar-refractivity contribution is -0.131. The van der Waals surface area contributed by atoms with Crippen LogP contribution >= 0.6 is 0 Å². The van der Waals surface area contributed by atoms with Crippen LogP contribution in [0.3, 0.4) is 0 Å². The Morgan fingerprint density at radius 1 is 1.21 bits per heavy atom. The molecule has 0 radical (unpaired) electrons. The third-order valence-electron chi connectivity index (χ3n) is 7.31. The topological polar surface area (TPSA) is 106 Å². The summed E-state index contributed by atoms with van der Waals surface area (Å²) in [6.45, 7) is 3.29. The number of carbonyl (C=O) groups excluding carboxylic acids is 3.